The van der Waals surface area contributed by atoms with Crippen molar-refractivity contribution in [1.29, 1.82) is 0 Å². The van der Waals surface area contributed by atoms with Crippen LogP contribution in [0, 0.1) is 11.2 Å². The average Bonchev–Trinajstić information content (AvgIpc) is 2.66. The Morgan fingerprint density at radius 2 is 1.91 bits per heavy atom. The summed E-state index contributed by atoms with van der Waals surface area (Å²) in [5.74, 6) is -0.668. The van der Waals surface area contributed by atoms with Crippen molar-refractivity contribution >= 4 is 40.6 Å². The van der Waals surface area contributed by atoms with Gasteiger partial charge >= 0.3 is 12.1 Å². The number of benzene rings is 1. The quantitative estimate of drug-likeness (QED) is 0.626. The van der Waals surface area contributed by atoms with Gasteiger partial charge in [0.25, 0.3) is 0 Å². The van der Waals surface area contributed by atoms with Gasteiger partial charge in [0.15, 0.2) is 11.6 Å². The second-order valence-corrected chi connectivity index (χ2v) is 9.23. The first-order chi connectivity index (χ1) is 14.9. The SMILES string of the molecule is CN(C)C(=O)Nc1cc(Oc2cccc(N(SC(=O)CC(C)(C)C)C(N)=O)c2F)ccn1. The van der Waals surface area contributed by atoms with Crippen LogP contribution in [0.2, 0.25) is 0 Å². The Hall–Kier alpha value is -3.34. The molecule has 0 saturated heterocycles. The fraction of sp³-hybridized carbons (Fsp3) is 0.333. The molecule has 0 fully saturated rings. The first-order valence-corrected chi connectivity index (χ1v) is 10.4. The number of ether oxygens (including phenoxy) is 1. The summed E-state index contributed by atoms with van der Waals surface area (Å²) in [6, 6.07) is 5.65. The van der Waals surface area contributed by atoms with Crippen molar-refractivity contribution in [3.63, 3.8) is 0 Å². The van der Waals surface area contributed by atoms with Crippen LogP contribution in [0.25, 0.3) is 0 Å². The number of carbonyl (C=O) groups is 3. The Morgan fingerprint density at radius 3 is 2.50 bits per heavy atom. The predicted molar refractivity (Wildman–Crippen MR) is 122 cm³/mol. The normalized spacial score (nSPS) is 10.9. The molecule has 9 nitrogen and oxygen atoms in total. The van der Waals surface area contributed by atoms with Crippen LogP contribution in [0.15, 0.2) is 36.5 Å². The number of urea groups is 2. The molecule has 1 aromatic carbocycles. The summed E-state index contributed by atoms with van der Waals surface area (Å²) in [5.41, 5.74) is 4.88. The topological polar surface area (TPSA) is 118 Å². The maximum absolute atomic E-state index is 15.2. The Labute approximate surface area is 190 Å². The highest BCUT2D eigenvalue weighted by Crippen LogP contribution is 2.35. The molecule has 3 N–H and O–H groups in total. The van der Waals surface area contributed by atoms with Crippen molar-refractivity contribution < 1.29 is 23.5 Å². The number of amides is 4. The van der Waals surface area contributed by atoms with Crippen molar-refractivity contribution in [2.24, 2.45) is 11.1 Å². The monoisotopic (exact) mass is 463 g/mol. The number of halogens is 1. The number of rotatable bonds is 5. The van der Waals surface area contributed by atoms with E-state index < -0.39 is 17.9 Å². The van der Waals surface area contributed by atoms with Gasteiger partial charge in [-0.05, 0) is 23.6 Å². The molecule has 0 saturated carbocycles. The molecule has 32 heavy (non-hydrogen) atoms. The summed E-state index contributed by atoms with van der Waals surface area (Å²) in [5, 5.41) is 2.22. The van der Waals surface area contributed by atoms with Gasteiger partial charge in [0, 0.05) is 44.7 Å². The molecule has 2 aromatic rings. The van der Waals surface area contributed by atoms with Crippen molar-refractivity contribution in [3.05, 3.63) is 42.3 Å². The minimum atomic E-state index is -0.995. The van der Waals surface area contributed by atoms with Crippen LogP contribution < -0.4 is 20.1 Å². The highest BCUT2D eigenvalue weighted by molar-refractivity contribution is 8.15. The van der Waals surface area contributed by atoms with Crippen LogP contribution in [-0.2, 0) is 4.79 Å². The highest BCUT2D eigenvalue weighted by atomic mass is 32.2. The van der Waals surface area contributed by atoms with E-state index in [0.717, 1.165) is 4.31 Å². The summed E-state index contributed by atoms with van der Waals surface area (Å²) in [7, 11) is 3.15. The van der Waals surface area contributed by atoms with E-state index >= 15 is 4.39 Å². The van der Waals surface area contributed by atoms with Gasteiger partial charge in [-0.25, -0.2) is 23.3 Å². The molecule has 1 aromatic heterocycles. The van der Waals surface area contributed by atoms with Crippen LogP contribution >= 0.6 is 11.9 Å². The third-order valence-electron chi connectivity index (χ3n) is 3.83. The second-order valence-electron chi connectivity index (χ2n) is 8.23. The lowest BCUT2D eigenvalue weighted by Gasteiger charge is -2.22. The molecule has 0 bridgehead atoms. The number of nitrogens with one attached hydrogen (secondary N) is 1. The van der Waals surface area contributed by atoms with Gasteiger partial charge in [-0.15, -0.1) is 0 Å². The molecule has 2 rings (SSSR count). The van der Waals surface area contributed by atoms with Gasteiger partial charge in [0.1, 0.15) is 11.6 Å². The summed E-state index contributed by atoms with van der Waals surface area (Å²) in [6.45, 7) is 5.62. The summed E-state index contributed by atoms with van der Waals surface area (Å²) in [6.07, 6.45) is 1.55. The molecule has 0 aliphatic heterocycles. The fourth-order valence-corrected chi connectivity index (χ4v) is 3.44. The fourth-order valence-electron chi connectivity index (χ4n) is 2.41. The number of nitrogens with two attached hydrogens (primary N) is 1. The number of hydrogen-bond donors (Lipinski definition) is 2. The number of hydrogen-bond acceptors (Lipinski definition) is 6. The minimum absolute atomic E-state index is 0.164. The molecule has 11 heteroatoms. The second kappa shape index (κ2) is 10.3. The summed E-state index contributed by atoms with van der Waals surface area (Å²) >= 11 is 0.536. The molecule has 0 aliphatic carbocycles. The van der Waals surface area contributed by atoms with Gasteiger partial charge in [-0.3, -0.25) is 10.1 Å². The van der Waals surface area contributed by atoms with Gasteiger partial charge < -0.3 is 15.4 Å². The lowest BCUT2D eigenvalue weighted by molar-refractivity contribution is -0.112. The standard InChI is InChI=1S/C21H26FN5O4S/c1-21(2,3)12-17(28)32-27(19(23)29)14-7-6-8-15(18(14)22)31-13-9-10-24-16(11-13)25-20(30)26(4)5/h6-11H,12H2,1-5H3,(H2,23,29)(H,24,25,30). The number of anilines is 2. The molecule has 4 amide bonds. The molecular weight excluding hydrogens is 437 g/mol. The molecule has 0 aliphatic rings. The van der Waals surface area contributed by atoms with E-state index in [1.165, 1.54) is 41.4 Å². The molecule has 1 heterocycles. The first kappa shape index (κ1) is 24.9. The number of aromatic nitrogens is 1. The van der Waals surface area contributed by atoms with E-state index in [-0.39, 0.29) is 40.0 Å². The van der Waals surface area contributed by atoms with Crippen LogP contribution in [0.5, 0.6) is 11.5 Å². The molecule has 0 spiro atoms. The van der Waals surface area contributed by atoms with Gasteiger partial charge in [0.05, 0.1) is 5.69 Å². The zero-order valence-corrected chi connectivity index (χ0v) is 19.3. The third-order valence-corrected chi connectivity index (χ3v) is 4.74. The Balaban J connectivity index is 2.27. The Bertz CT molecular complexity index is 1010. The third kappa shape index (κ3) is 7.12. The zero-order chi connectivity index (χ0) is 24.1. The van der Waals surface area contributed by atoms with Crippen LogP contribution in [0.1, 0.15) is 27.2 Å². The Kier molecular flexibility index (Phi) is 8.03. The molecule has 0 unspecified atom stereocenters. The number of nitrogens with zero attached hydrogens (tertiary/aromatic N) is 3. The van der Waals surface area contributed by atoms with E-state index in [9.17, 15) is 14.4 Å². The molecule has 0 radical (unpaired) electrons. The molecule has 0 atom stereocenters. The van der Waals surface area contributed by atoms with E-state index in [1.54, 1.807) is 14.1 Å². The van der Waals surface area contributed by atoms with Crippen LogP contribution in [-0.4, -0.2) is 41.2 Å². The number of carbonyl (C=O) groups excluding carboxylic acids is 3. The van der Waals surface area contributed by atoms with Crippen molar-refractivity contribution in [2.75, 3.05) is 23.7 Å². The lowest BCUT2D eigenvalue weighted by atomic mass is 9.93. The van der Waals surface area contributed by atoms with E-state index in [2.05, 4.69) is 10.3 Å². The zero-order valence-electron chi connectivity index (χ0n) is 18.5. The van der Waals surface area contributed by atoms with E-state index in [1.807, 2.05) is 20.8 Å². The van der Waals surface area contributed by atoms with Crippen molar-refractivity contribution in [1.82, 2.24) is 9.88 Å². The van der Waals surface area contributed by atoms with E-state index in [0.29, 0.717) is 11.9 Å². The smallest absolute Gasteiger partial charge is 0.329 e. The maximum atomic E-state index is 15.2. The molecular formula is C21H26FN5O4S. The first-order valence-electron chi connectivity index (χ1n) is 9.58. The number of pyridine rings is 1. The van der Waals surface area contributed by atoms with Crippen LogP contribution in [0.3, 0.4) is 0 Å². The van der Waals surface area contributed by atoms with Crippen molar-refractivity contribution in [2.45, 2.75) is 27.2 Å². The maximum Gasteiger partial charge on any atom is 0.329 e. The van der Waals surface area contributed by atoms with Gasteiger partial charge in [-0.2, -0.15) is 0 Å². The average molecular weight is 464 g/mol. The van der Waals surface area contributed by atoms with Gasteiger partial charge in [0.2, 0.25) is 5.12 Å². The Morgan fingerprint density at radius 1 is 1.22 bits per heavy atom. The summed E-state index contributed by atoms with van der Waals surface area (Å²) < 4.78 is 21.6. The van der Waals surface area contributed by atoms with Crippen molar-refractivity contribution in [3.8, 4) is 11.5 Å². The molecule has 172 valence electrons. The van der Waals surface area contributed by atoms with E-state index in [4.69, 9.17) is 10.5 Å². The van der Waals surface area contributed by atoms with Crippen LogP contribution in [0.4, 0.5) is 25.5 Å². The van der Waals surface area contributed by atoms with Gasteiger partial charge in [-0.1, -0.05) is 26.8 Å². The predicted octanol–water partition coefficient (Wildman–Crippen LogP) is 4.60. The summed E-state index contributed by atoms with van der Waals surface area (Å²) in [4.78, 5) is 41.4. The highest BCUT2D eigenvalue weighted by Gasteiger charge is 2.26. The largest absolute Gasteiger partial charge is 0.454 e. The minimum Gasteiger partial charge on any atom is -0.454 e. The number of primary amides is 1. The lowest BCUT2D eigenvalue weighted by Crippen LogP contribution is -2.32.